The summed E-state index contributed by atoms with van der Waals surface area (Å²) < 4.78 is 6.96. The highest BCUT2D eigenvalue weighted by atomic mass is 16.3. The maximum absolute atomic E-state index is 6.96. The molecule has 4 nitrogen and oxygen atoms in total. The smallest absolute Gasteiger partial charge is 0.164 e. The molecule has 0 radical (unpaired) electrons. The van der Waals surface area contributed by atoms with E-state index in [0.717, 1.165) is 98.2 Å². The lowest BCUT2D eigenvalue weighted by atomic mass is 9.94. The molecule has 0 atom stereocenters. The Hall–Kier alpha value is -7.69. The molecule has 0 unspecified atom stereocenters. The van der Waals surface area contributed by atoms with Gasteiger partial charge in [-0.25, -0.2) is 15.0 Å². The summed E-state index contributed by atoms with van der Waals surface area (Å²) in [5.74, 6) is 1.81. The van der Waals surface area contributed by atoms with E-state index in [2.05, 4.69) is 188 Å². The predicted molar refractivity (Wildman–Crippen MR) is 236 cm³/mol. The molecule has 0 aliphatic rings. The van der Waals surface area contributed by atoms with Gasteiger partial charge in [-0.3, -0.25) is 0 Å². The van der Waals surface area contributed by atoms with Crippen LogP contribution in [0.15, 0.2) is 192 Å². The van der Waals surface area contributed by atoms with E-state index in [9.17, 15) is 0 Å². The van der Waals surface area contributed by atoms with Gasteiger partial charge in [0.05, 0.1) is 0 Å². The zero-order valence-corrected chi connectivity index (χ0v) is 30.6. The summed E-state index contributed by atoms with van der Waals surface area (Å²) >= 11 is 0. The quantitative estimate of drug-likeness (QED) is 0.170. The highest BCUT2D eigenvalue weighted by Gasteiger charge is 2.23. The summed E-state index contributed by atoms with van der Waals surface area (Å²) in [7, 11) is 0. The van der Waals surface area contributed by atoms with Gasteiger partial charge >= 0.3 is 0 Å². The van der Waals surface area contributed by atoms with Crippen molar-refractivity contribution in [2.24, 2.45) is 0 Å². The van der Waals surface area contributed by atoms with Crippen molar-refractivity contribution in [3.8, 4) is 45.3 Å². The average Bonchev–Trinajstić information content (AvgIpc) is 3.68. The van der Waals surface area contributed by atoms with Crippen molar-refractivity contribution in [3.05, 3.63) is 188 Å². The zero-order chi connectivity index (χ0) is 37.5. The minimum Gasteiger partial charge on any atom is -0.455 e. The molecule has 57 heavy (non-hydrogen) atoms. The van der Waals surface area contributed by atoms with Gasteiger partial charge in [-0.1, -0.05) is 158 Å². The van der Waals surface area contributed by atoms with Crippen molar-refractivity contribution in [2.45, 2.75) is 0 Å². The molecule has 4 heteroatoms. The number of rotatable bonds is 4. The van der Waals surface area contributed by atoms with Gasteiger partial charge < -0.3 is 4.42 Å². The second-order valence-corrected chi connectivity index (χ2v) is 14.8. The molecule has 10 aromatic carbocycles. The van der Waals surface area contributed by atoms with Crippen LogP contribution in [0.1, 0.15) is 0 Å². The lowest BCUT2D eigenvalue weighted by Crippen LogP contribution is -2.01. The van der Waals surface area contributed by atoms with E-state index >= 15 is 0 Å². The molecular formula is C53H31N3O. The van der Waals surface area contributed by atoms with Crippen molar-refractivity contribution >= 4 is 75.8 Å². The van der Waals surface area contributed by atoms with Crippen LogP contribution in [0.5, 0.6) is 0 Å². The van der Waals surface area contributed by atoms with Crippen LogP contribution in [0.2, 0.25) is 0 Å². The van der Waals surface area contributed by atoms with Crippen LogP contribution in [0.3, 0.4) is 0 Å². The molecule has 0 aliphatic carbocycles. The molecule has 2 heterocycles. The maximum Gasteiger partial charge on any atom is 0.164 e. The lowest BCUT2D eigenvalue weighted by molar-refractivity contribution is 0.673. The minimum atomic E-state index is 0.591. The summed E-state index contributed by atoms with van der Waals surface area (Å²) in [4.78, 5) is 16.1. The summed E-state index contributed by atoms with van der Waals surface area (Å²) in [6.45, 7) is 0. The van der Waals surface area contributed by atoms with Gasteiger partial charge in [0.15, 0.2) is 17.5 Å². The molecular weight excluding hydrogens is 695 g/mol. The predicted octanol–water partition coefficient (Wildman–Crippen LogP) is 14.2. The zero-order valence-electron chi connectivity index (χ0n) is 30.6. The van der Waals surface area contributed by atoms with Gasteiger partial charge in [-0.05, 0) is 89.9 Å². The summed E-state index contributed by atoms with van der Waals surface area (Å²) in [5.41, 5.74) is 6.67. The minimum absolute atomic E-state index is 0.591. The largest absolute Gasteiger partial charge is 0.455 e. The molecule has 0 amide bonds. The Kier molecular flexibility index (Phi) is 6.89. The van der Waals surface area contributed by atoms with Gasteiger partial charge in [-0.15, -0.1) is 0 Å². The maximum atomic E-state index is 6.96. The molecule has 0 bridgehead atoms. The van der Waals surface area contributed by atoms with E-state index in [1.165, 1.54) is 5.39 Å². The second-order valence-electron chi connectivity index (χ2n) is 14.8. The Balaban J connectivity index is 1.21. The molecule has 0 spiro atoms. The van der Waals surface area contributed by atoms with E-state index in [4.69, 9.17) is 19.4 Å². The number of hydrogen-bond donors (Lipinski definition) is 0. The van der Waals surface area contributed by atoms with Gasteiger partial charge in [0, 0.05) is 32.8 Å². The third-order valence-electron chi connectivity index (χ3n) is 11.4. The summed E-state index contributed by atoms with van der Waals surface area (Å²) in [5, 5.41) is 13.4. The van der Waals surface area contributed by atoms with Crippen molar-refractivity contribution in [1.29, 1.82) is 0 Å². The number of benzene rings is 10. The topological polar surface area (TPSA) is 51.8 Å². The standard InChI is InChI=1S/C53H31N3O/c1-2-13-33(14-3-1)44-31-40(29-37-18-8-9-19-41(37)44)52-54-51(39-25-22-32-12-4-5-17-36(32)28-39)55-53(56-52)45-30-38-24-23-34-15-6-10-20-42(34)47(38)50-49(45)48-43-21-11-7-16-35(43)26-27-46(48)57-50/h1-31H. The Morgan fingerprint density at radius 1 is 0.298 bits per heavy atom. The first-order valence-electron chi connectivity index (χ1n) is 19.3. The van der Waals surface area contributed by atoms with Crippen molar-refractivity contribution in [2.75, 3.05) is 0 Å². The summed E-state index contributed by atoms with van der Waals surface area (Å²) in [6, 6.07) is 66.3. The SMILES string of the molecule is c1ccc(-c2cc(-c3nc(-c4ccc5ccccc5c4)nc(-c4cc5ccc6ccccc6c5c5oc6ccc7ccccc7c6c45)n3)cc3ccccc23)cc1. The summed E-state index contributed by atoms with van der Waals surface area (Å²) in [6.07, 6.45) is 0. The average molecular weight is 726 g/mol. The third-order valence-corrected chi connectivity index (χ3v) is 11.4. The van der Waals surface area contributed by atoms with Crippen LogP contribution in [-0.4, -0.2) is 15.0 Å². The first-order chi connectivity index (χ1) is 28.2. The van der Waals surface area contributed by atoms with E-state index < -0.39 is 0 Å². The highest BCUT2D eigenvalue weighted by Crippen LogP contribution is 2.45. The third kappa shape index (κ3) is 5.04. The fourth-order valence-corrected chi connectivity index (χ4v) is 8.75. The molecule has 0 aliphatic heterocycles. The molecule has 264 valence electrons. The van der Waals surface area contributed by atoms with Gasteiger partial charge in [-0.2, -0.15) is 0 Å². The number of nitrogens with zero attached hydrogens (tertiary/aromatic N) is 3. The van der Waals surface area contributed by atoms with Gasteiger partial charge in [0.2, 0.25) is 0 Å². The molecule has 0 saturated carbocycles. The Labute approximate surface area is 327 Å². The second kappa shape index (κ2) is 12.4. The molecule has 0 fully saturated rings. The van der Waals surface area contributed by atoms with Crippen LogP contribution in [0, 0.1) is 0 Å². The van der Waals surface area contributed by atoms with E-state index in [-0.39, 0.29) is 0 Å². The number of aromatic nitrogens is 3. The van der Waals surface area contributed by atoms with E-state index in [1.807, 2.05) is 0 Å². The van der Waals surface area contributed by atoms with Crippen molar-refractivity contribution < 1.29 is 4.42 Å². The van der Waals surface area contributed by atoms with E-state index in [1.54, 1.807) is 0 Å². The van der Waals surface area contributed by atoms with Crippen LogP contribution < -0.4 is 0 Å². The van der Waals surface area contributed by atoms with Crippen LogP contribution >= 0.6 is 0 Å². The normalized spacial score (nSPS) is 11.9. The Morgan fingerprint density at radius 2 is 0.860 bits per heavy atom. The van der Waals surface area contributed by atoms with Crippen LogP contribution in [-0.2, 0) is 0 Å². The first-order valence-corrected chi connectivity index (χ1v) is 19.3. The number of hydrogen-bond acceptors (Lipinski definition) is 4. The van der Waals surface area contributed by atoms with Gasteiger partial charge in [0.25, 0.3) is 0 Å². The van der Waals surface area contributed by atoms with Gasteiger partial charge in [0.1, 0.15) is 11.2 Å². The Bertz CT molecular complexity index is 3590. The molecule has 12 rings (SSSR count). The van der Waals surface area contributed by atoms with Crippen molar-refractivity contribution in [3.63, 3.8) is 0 Å². The highest BCUT2D eigenvalue weighted by molar-refractivity contribution is 6.30. The monoisotopic (exact) mass is 725 g/mol. The number of furan rings is 1. The molecule has 0 saturated heterocycles. The van der Waals surface area contributed by atoms with Crippen LogP contribution in [0.4, 0.5) is 0 Å². The molecule has 2 aromatic heterocycles. The molecule has 12 aromatic rings. The van der Waals surface area contributed by atoms with E-state index in [0.29, 0.717) is 17.5 Å². The number of fused-ring (bicyclic) bond motifs is 11. The Morgan fingerprint density at radius 3 is 1.65 bits per heavy atom. The lowest BCUT2D eigenvalue weighted by Gasteiger charge is -2.14. The molecule has 0 N–H and O–H groups in total. The van der Waals surface area contributed by atoms with Crippen molar-refractivity contribution in [1.82, 2.24) is 15.0 Å². The van der Waals surface area contributed by atoms with Crippen LogP contribution in [0.25, 0.3) is 121 Å². The fraction of sp³-hybridized carbons (Fsp3) is 0. The first kappa shape index (κ1) is 31.6. The fourth-order valence-electron chi connectivity index (χ4n) is 8.75.